The van der Waals surface area contributed by atoms with Crippen molar-refractivity contribution in [1.82, 2.24) is 0 Å². The molecule has 0 spiro atoms. The summed E-state index contributed by atoms with van der Waals surface area (Å²) in [6, 6.07) is 8.09. The van der Waals surface area contributed by atoms with Crippen LogP contribution < -0.4 is 0 Å². The molecule has 12 heavy (non-hydrogen) atoms. The molecule has 0 fully saturated rings. The van der Waals surface area contributed by atoms with Gasteiger partial charge in [-0.05, 0) is 24.5 Å². The van der Waals surface area contributed by atoms with Crippen LogP contribution in [0.4, 0.5) is 0 Å². The molecule has 0 saturated carbocycles. The monoisotopic (exact) mass is 159 g/mol. The summed E-state index contributed by atoms with van der Waals surface area (Å²) in [7, 11) is 0. The van der Waals surface area contributed by atoms with Crippen LogP contribution in [0, 0.1) is 6.92 Å². The van der Waals surface area contributed by atoms with Crippen LogP contribution in [0.15, 0.2) is 34.9 Å². The fourth-order valence-electron chi connectivity index (χ4n) is 1.42. The number of rotatable bonds is 2. The predicted molar refractivity (Wildman–Crippen MR) is 49.9 cm³/mol. The summed E-state index contributed by atoms with van der Waals surface area (Å²) < 4.78 is 5.37. The van der Waals surface area contributed by atoms with E-state index in [-0.39, 0.29) is 0 Å². The number of aryl methyl sites for hydroxylation is 1. The van der Waals surface area contributed by atoms with E-state index in [0.29, 0.717) is 0 Å². The van der Waals surface area contributed by atoms with Gasteiger partial charge in [0.25, 0.3) is 0 Å². The van der Waals surface area contributed by atoms with Crippen molar-refractivity contribution in [3.63, 3.8) is 0 Å². The molecule has 0 amide bonds. The van der Waals surface area contributed by atoms with E-state index in [1.165, 1.54) is 10.9 Å². The van der Waals surface area contributed by atoms with Crippen molar-refractivity contribution < 1.29 is 4.42 Å². The third kappa shape index (κ3) is 1.11. The maximum atomic E-state index is 5.37. The normalized spacial score (nSPS) is 10.8. The number of hydrogen-bond donors (Lipinski definition) is 0. The Morgan fingerprint density at radius 3 is 2.92 bits per heavy atom. The molecule has 1 radical (unpaired) electrons. The lowest BCUT2D eigenvalue weighted by atomic mass is 10.1. The Morgan fingerprint density at radius 1 is 1.25 bits per heavy atom. The summed E-state index contributed by atoms with van der Waals surface area (Å²) in [5, 5.41) is 1.22. The Hall–Kier alpha value is -1.24. The highest BCUT2D eigenvalue weighted by atomic mass is 16.3. The Morgan fingerprint density at radius 2 is 2.08 bits per heavy atom. The van der Waals surface area contributed by atoms with Gasteiger partial charge in [-0.25, -0.2) is 0 Å². The van der Waals surface area contributed by atoms with Crippen LogP contribution in [-0.2, 0) is 6.42 Å². The van der Waals surface area contributed by atoms with Crippen LogP contribution in [0.2, 0.25) is 0 Å². The molecule has 0 aliphatic heterocycles. The molecule has 2 rings (SSSR count). The maximum Gasteiger partial charge on any atom is 0.134 e. The number of fused-ring (bicyclic) bond motifs is 1. The van der Waals surface area contributed by atoms with Crippen LogP contribution in [0.3, 0.4) is 0 Å². The predicted octanol–water partition coefficient (Wildman–Crippen LogP) is 3.20. The third-order valence-electron chi connectivity index (χ3n) is 2.01. The lowest BCUT2D eigenvalue weighted by molar-refractivity contribution is 0.610. The van der Waals surface area contributed by atoms with Gasteiger partial charge in [0.1, 0.15) is 5.58 Å². The third-order valence-corrected chi connectivity index (χ3v) is 2.01. The van der Waals surface area contributed by atoms with Gasteiger partial charge in [-0.2, -0.15) is 0 Å². The molecule has 0 aliphatic carbocycles. The van der Waals surface area contributed by atoms with Crippen molar-refractivity contribution in [2.24, 2.45) is 0 Å². The van der Waals surface area contributed by atoms with Gasteiger partial charge >= 0.3 is 0 Å². The first-order valence-electron chi connectivity index (χ1n) is 4.16. The van der Waals surface area contributed by atoms with Gasteiger partial charge in [0.15, 0.2) is 0 Å². The van der Waals surface area contributed by atoms with Crippen LogP contribution >= 0.6 is 0 Å². The Bertz CT molecular complexity index is 373. The van der Waals surface area contributed by atoms with Gasteiger partial charge in [-0.1, -0.05) is 25.1 Å². The van der Waals surface area contributed by atoms with Gasteiger partial charge in [0.2, 0.25) is 0 Å². The number of benzene rings is 1. The first-order chi connectivity index (χ1) is 5.92. The Balaban J connectivity index is 2.55. The molecule has 0 saturated heterocycles. The Labute approximate surface area is 72.0 Å². The number of furan rings is 1. The van der Waals surface area contributed by atoms with Crippen LogP contribution in [0.1, 0.15) is 12.0 Å². The van der Waals surface area contributed by atoms with E-state index in [1.807, 2.05) is 24.5 Å². The molecule has 0 aliphatic rings. The molecule has 0 unspecified atom stereocenters. The molecule has 1 heteroatoms. The van der Waals surface area contributed by atoms with Crippen molar-refractivity contribution in [3.05, 3.63) is 43.0 Å². The summed E-state index contributed by atoms with van der Waals surface area (Å²) in [5.41, 5.74) is 2.24. The van der Waals surface area contributed by atoms with Crippen molar-refractivity contribution in [3.8, 4) is 0 Å². The summed E-state index contributed by atoms with van der Waals surface area (Å²) in [6.45, 7) is 3.83. The summed E-state index contributed by atoms with van der Waals surface area (Å²) in [6.07, 6.45) is 3.75. The van der Waals surface area contributed by atoms with Gasteiger partial charge in [-0.3, -0.25) is 0 Å². The van der Waals surface area contributed by atoms with Gasteiger partial charge in [0, 0.05) is 5.39 Å². The van der Waals surface area contributed by atoms with Crippen LogP contribution in [-0.4, -0.2) is 0 Å². The standard InChI is InChI=1S/C11H11O/c1-2-5-9-8-12-11-7-4-3-6-10(9)11/h3-4,6-8H,1-2,5H2. The topological polar surface area (TPSA) is 13.1 Å². The molecule has 1 aromatic carbocycles. The largest absolute Gasteiger partial charge is 0.464 e. The zero-order chi connectivity index (χ0) is 8.39. The lowest BCUT2D eigenvalue weighted by Gasteiger charge is -1.91. The molecule has 61 valence electrons. The van der Waals surface area contributed by atoms with Crippen LogP contribution in [0.5, 0.6) is 0 Å². The average Bonchev–Trinajstić information content (AvgIpc) is 2.50. The Kier molecular flexibility index (Phi) is 1.86. The number of para-hydroxylation sites is 1. The minimum absolute atomic E-state index is 0.920. The fraction of sp³-hybridized carbons (Fsp3) is 0.182. The molecule has 2 aromatic rings. The minimum Gasteiger partial charge on any atom is -0.464 e. The van der Waals surface area contributed by atoms with E-state index in [9.17, 15) is 0 Å². The lowest BCUT2D eigenvalue weighted by Crippen LogP contribution is -1.78. The second-order valence-electron chi connectivity index (χ2n) is 2.86. The quantitative estimate of drug-likeness (QED) is 0.655. The van der Waals surface area contributed by atoms with E-state index in [0.717, 1.165) is 18.4 Å². The smallest absolute Gasteiger partial charge is 0.134 e. The molecule has 0 N–H and O–H groups in total. The fourth-order valence-corrected chi connectivity index (χ4v) is 1.42. The van der Waals surface area contributed by atoms with Crippen LogP contribution in [0.25, 0.3) is 11.0 Å². The highest BCUT2D eigenvalue weighted by molar-refractivity contribution is 5.80. The summed E-state index contributed by atoms with van der Waals surface area (Å²) >= 11 is 0. The first kappa shape index (κ1) is 7.41. The van der Waals surface area contributed by atoms with Crippen molar-refractivity contribution in [1.29, 1.82) is 0 Å². The van der Waals surface area contributed by atoms with Crippen molar-refractivity contribution in [2.75, 3.05) is 0 Å². The highest BCUT2D eigenvalue weighted by Crippen LogP contribution is 2.21. The zero-order valence-electron chi connectivity index (χ0n) is 6.92. The SMILES string of the molecule is [CH2]CCc1coc2ccccc12. The van der Waals surface area contributed by atoms with E-state index < -0.39 is 0 Å². The van der Waals surface area contributed by atoms with E-state index in [1.54, 1.807) is 0 Å². The van der Waals surface area contributed by atoms with Gasteiger partial charge < -0.3 is 4.42 Å². The van der Waals surface area contributed by atoms with E-state index >= 15 is 0 Å². The van der Waals surface area contributed by atoms with Gasteiger partial charge in [0.05, 0.1) is 6.26 Å². The van der Waals surface area contributed by atoms with E-state index in [4.69, 9.17) is 4.42 Å². The first-order valence-corrected chi connectivity index (χ1v) is 4.16. The molecular weight excluding hydrogens is 148 g/mol. The van der Waals surface area contributed by atoms with Crippen molar-refractivity contribution >= 4 is 11.0 Å². The zero-order valence-corrected chi connectivity index (χ0v) is 6.92. The molecule has 0 bridgehead atoms. The second kappa shape index (κ2) is 3.02. The molecule has 1 heterocycles. The number of hydrogen-bond acceptors (Lipinski definition) is 1. The highest BCUT2D eigenvalue weighted by Gasteiger charge is 2.02. The summed E-state index contributed by atoms with van der Waals surface area (Å²) in [5.74, 6) is 0. The minimum atomic E-state index is 0.920. The maximum absolute atomic E-state index is 5.37. The van der Waals surface area contributed by atoms with Crippen molar-refractivity contribution in [2.45, 2.75) is 12.8 Å². The van der Waals surface area contributed by atoms with E-state index in [2.05, 4.69) is 13.0 Å². The molecular formula is C11H11O. The average molecular weight is 159 g/mol. The molecule has 1 aromatic heterocycles. The van der Waals surface area contributed by atoms with Gasteiger partial charge in [-0.15, -0.1) is 0 Å². The molecule has 1 nitrogen and oxygen atoms in total. The second-order valence-corrected chi connectivity index (χ2v) is 2.86. The molecule has 0 atom stereocenters. The summed E-state index contributed by atoms with van der Waals surface area (Å²) in [4.78, 5) is 0.